The van der Waals surface area contributed by atoms with Gasteiger partial charge in [-0.1, -0.05) is 29.8 Å². The number of carbonyl (C=O) groups is 1. The van der Waals surface area contributed by atoms with Crippen LogP contribution in [0.15, 0.2) is 42.5 Å². The number of halogens is 2. The van der Waals surface area contributed by atoms with E-state index in [1.54, 1.807) is 7.11 Å². The van der Waals surface area contributed by atoms with E-state index in [1.807, 2.05) is 49.4 Å². The molecule has 0 aliphatic rings. The fourth-order valence-corrected chi connectivity index (χ4v) is 3.30. The molecule has 0 heterocycles. The lowest BCUT2D eigenvalue weighted by Gasteiger charge is -2.23. The first-order valence-corrected chi connectivity index (χ1v) is 9.28. The molecule has 1 unspecified atom stereocenters. The van der Waals surface area contributed by atoms with Gasteiger partial charge >= 0.3 is 0 Å². The molecular formula is C20H23Cl2NO2. The third-order valence-electron chi connectivity index (χ3n) is 4.18. The third-order valence-corrected chi connectivity index (χ3v) is 4.52. The zero-order chi connectivity index (χ0) is 18.2. The Bertz CT molecular complexity index is 683. The van der Waals surface area contributed by atoms with Crippen LogP contribution in [0.25, 0.3) is 0 Å². The molecule has 1 atom stereocenters. The van der Waals surface area contributed by atoms with Crippen LogP contribution in [0.4, 0.5) is 5.69 Å². The number of carbonyl (C=O) groups excluding carboxylic acids is 1. The first-order chi connectivity index (χ1) is 12.1. The number of methoxy groups -OCH3 is 1. The molecule has 0 amide bonds. The average molecular weight is 380 g/mol. The van der Waals surface area contributed by atoms with Gasteiger partial charge in [0.05, 0.1) is 13.0 Å². The molecule has 2 rings (SSSR count). The molecule has 5 heteroatoms. The second-order valence-corrected chi connectivity index (χ2v) is 6.57. The molecule has 0 spiro atoms. The minimum Gasteiger partial charge on any atom is -0.496 e. The van der Waals surface area contributed by atoms with Gasteiger partial charge in [-0.2, -0.15) is 0 Å². The van der Waals surface area contributed by atoms with Crippen LogP contribution < -0.4 is 9.64 Å². The van der Waals surface area contributed by atoms with E-state index in [4.69, 9.17) is 27.9 Å². The molecule has 0 aliphatic carbocycles. The van der Waals surface area contributed by atoms with Crippen molar-refractivity contribution in [3.63, 3.8) is 0 Å². The minimum atomic E-state index is -0.363. The maximum absolute atomic E-state index is 11.8. The van der Waals surface area contributed by atoms with E-state index in [2.05, 4.69) is 4.90 Å². The quantitative estimate of drug-likeness (QED) is 0.470. The molecule has 0 aliphatic heterocycles. The van der Waals surface area contributed by atoms with E-state index in [-0.39, 0.29) is 5.92 Å². The molecule has 0 bridgehead atoms. The number of ether oxygens (including phenoxy) is 1. The van der Waals surface area contributed by atoms with Crippen LogP contribution in [0.2, 0.25) is 0 Å². The summed E-state index contributed by atoms with van der Waals surface area (Å²) in [7, 11) is 1.62. The molecule has 0 aromatic heterocycles. The monoisotopic (exact) mass is 379 g/mol. The van der Waals surface area contributed by atoms with Crippen molar-refractivity contribution in [2.75, 3.05) is 36.9 Å². The van der Waals surface area contributed by atoms with E-state index < -0.39 is 0 Å². The number of benzene rings is 2. The maximum Gasteiger partial charge on any atom is 0.131 e. The van der Waals surface area contributed by atoms with E-state index in [9.17, 15) is 4.79 Å². The number of alkyl halides is 2. The fraction of sp³-hybridized carbons (Fsp3) is 0.350. The summed E-state index contributed by atoms with van der Waals surface area (Å²) < 4.78 is 5.43. The summed E-state index contributed by atoms with van der Waals surface area (Å²) >= 11 is 11.7. The van der Waals surface area contributed by atoms with E-state index in [0.717, 1.165) is 47.5 Å². The number of anilines is 1. The molecule has 0 saturated heterocycles. The van der Waals surface area contributed by atoms with Crippen molar-refractivity contribution in [3.05, 3.63) is 59.2 Å². The van der Waals surface area contributed by atoms with Crippen molar-refractivity contribution in [2.45, 2.75) is 12.8 Å². The first kappa shape index (κ1) is 19.6. The van der Waals surface area contributed by atoms with E-state index in [0.29, 0.717) is 11.8 Å². The van der Waals surface area contributed by atoms with Gasteiger partial charge in [-0.15, -0.1) is 23.2 Å². The summed E-state index contributed by atoms with van der Waals surface area (Å²) in [6.07, 6.45) is 0.960. The Morgan fingerprint density at radius 3 is 2.24 bits per heavy atom. The van der Waals surface area contributed by atoms with Crippen LogP contribution in [0, 0.1) is 6.92 Å². The lowest BCUT2D eigenvalue weighted by Crippen LogP contribution is -2.27. The minimum absolute atomic E-state index is 0.363. The highest BCUT2D eigenvalue weighted by Crippen LogP contribution is 2.32. The van der Waals surface area contributed by atoms with Gasteiger partial charge in [0, 0.05) is 36.1 Å². The highest BCUT2D eigenvalue weighted by molar-refractivity contribution is 6.18. The van der Waals surface area contributed by atoms with Gasteiger partial charge in [0.2, 0.25) is 0 Å². The first-order valence-electron chi connectivity index (χ1n) is 8.21. The molecule has 3 nitrogen and oxygen atoms in total. The summed E-state index contributed by atoms with van der Waals surface area (Å²) in [4.78, 5) is 13.9. The predicted octanol–water partition coefficient (Wildman–Crippen LogP) is 4.62. The Hall–Kier alpha value is -1.71. The predicted molar refractivity (Wildman–Crippen MR) is 106 cm³/mol. The van der Waals surface area contributed by atoms with Crippen LogP contribution in [0.5, 0.6) is 5.75 Å². The highest BCUT2D eigenvalue weighted by Gasteiger charge is 2.18. The Labute approximate surface area is 159 Å². The summed E-state index contributed by atoms with van der Waals surface area (Å²) in [6, 6.07) is 13.8. The van der Waals surface area contributed by atoms with E-state index >= 15 is 0 Å². The second-order valence-electron chi connectivity index (χ2n) is 5.82. The van der Waals surface area contributed by atoms with Crippen LogP contribution >= 0.6 is 23.2 Å². The van der Waals surface area contributed by atoms with Crippen molar-refractivity contribution in [1.82, 2.24) is 0 Å². The van der Waals surface area contributed by atoms with Crippen molar-refractivity contribution < 1.29 is 9.53 Å². The van der Waals surface area contributed by atoms with Crippen LogP contribution in [-0.2, 0) is 4.79 Å². The van der Waals surface area contributed by atoms with Gasteiger partial charge in [-0.25, -0.2) is 0 Å². The summed E-state index contributed by atoms with van der Waals surface area (Å²) in [5.74, 6) is 1.43. The summed E-state index contributed by atoms with van der Waals surface area (Å²) in [6.45, 7) is 3.47. The van der Waals surface area contributed by atoms with Crippen molar-refractivity contribution in [2.24, 2.45) is 0 Å². The molecular weight excluding hydrogens is 357 g/mol. The number of aldehydes is 1. The summed E-state index contributed by atoms with van der Waals surface area (Å²) in [5.41, 5.74) is 3.95. The Morgan fingerprint density at radius 2 is 1.72 bits per heavy atom. The summed E-state index contributed by atoms with van der Waals surface area (Å²) in [5, 5.41) is 0. The van der Waals surface area contributed by atoms with Gasteiger partial charge in [-0.05, 0) is 30.7 Å². The number of aryl methyl sites for hydroxylation is 1. The van der Waals surface area contributed by atoms with Gasteiger partial charge in [0.25, 0.3) is 0 Å². The largest absolute Gasteiger partial charge is 0.496 e. The maximum atomic E-state index is 11.8. The van der Waals surface area contributed by atoms with Gasteiger partial charge in [0.15, 0.2) is 0 Å². The SMILES string of the molecule is COc1ccc(C)cc1C(C=O)c1ccc(N(CCCl)CCCl)cc1. The normalized spacial score (nSPS) is 11.8. The lowest BCUT2D eigenvalue weighted by molar-refractivity contribution is -0.108. The number of rotatable bonds is 9. The molecule has 0 radical (unpaired) electrons. The number of hydrogen-bond acceptors (Lipinski definition) is 3. The molecule has 2 aromatic carbocycles. The molecule has 0 fully saturated rings. The van der Waals surface area contributed by atoms with E-state index in [1.165, 1.54) is 0 Å². The van der Waals surface area contributed by atoms with Gasteiger partial charge in [0.1, 0.15) is 12.0 Å². The fourth-order valence-electron chi connectivity index (χ4n) is 2.89. The highest BCUT2D eigenvalue weighted by atomic mass is 35.5. The topological polar surface area (TPSA) is 29.5 Å². The van der Waals surface area contributed by atoms with Gasteiger partial charge in [-0.3, -0.25) is 0 Å². The zero-order valence-electron chi connectivity index (χ0n) is 14.5. The smallest absolute Gasteiger partial charge is 0.131 e. The van der Waals surface area contributed by atoms with Crippen LogP contribution in [0.3, 0.4) is 0 Å². The second kappa shape index (κ2) is 9.69. The Balaban J connectivity index is 2.33. The van der Waals surface area contributed by atoms with Crippen LogP contribution in [-0.4, -0.2) is 38.2 Å². The average Bonchev–Trinajstić information content (AvgIpc) is 2.63. The van der Waals surface area contributed by atoms with Crippen molar-refractivity contribution in [1.29, 1.82) is 0 Å². The number of hydrogen-bond donors (Lipinski definition) is 0. The standard InChI is InChI=1S/C20H23Cl2NO2/c1-15-3-8-20(25-2)18(13-15)19(14-24)16-4-6-17(7-5-16)23(11-9-21)12-10-22/h3-8,13-14,19H,9-12H2,1-2H3. The molecule has 0 N–H and O–H groups in total. The molecule has 134 valence electrons. The Morgan fingerprint density at radius 1 is 1.08 bits per heavy atom. The van der Waals surface area contributed by atoms with Gasteiger partial charge < -0.3 is 14.4 Å². The molecule has 2 aromatic rings. The third kappa shape index (κ3) is 4.90. The number of nitrogens with zero attached hydrogens (tertiary/aromatic N) is 1. The molecule has 25 heavy (non-hydrogen) atoms. The van der Waals surface area contributed by atoms with Crippen molar-refractivity contribution in [3.8, 4) is 5.75 Å². The Kier molecular flexibility index (Phi) is 7.60. The van der Waals surface area contributed by atoms with Crippen LogP contribution in [0.1, 0.15) is 22.6 Å². The zero-order valence-corrected chi connectivity index (χ0v) is 16.1. The lowest BCUT2D eigenvalue weighted by atomic mass is 9.90. The van der Waals surface area contributed by atoms with Crippen molar-refractivity contribution >= 4 is 35.2 Å². The molecule has 0 saturated carbocycles.